The maximum Gasteiger partial charge on any atom is 0.222 e. The lowest BCUT2D eigenvalue weighted by atomic mass is 9.60. The van der Waals surface area contributed by atoms with E-state index >= 15 is 0 Å². The minimum atomic E-state index is 0.122. The van der Waals surface area contributed by atoms with Crippen LogP contribution in [0.5, 0.6) is 0 Å². The summed E-state index contributed by atoms with van der Waals surface area (Å²) in [5.74, 6) is 2.02. The monoisotopic (exact) mass is 310 g/mol. The molecule has 1 heterocycles. The largest absolute Gasteiger partial charge is 0.352 e. The molecule has 2 saturated carbocycles. The van der Waals surface area contributed by atoms with Crippen molar-refractivity contribution in [1.82, 2.24) is 20.1 Å². The molecule has 0 aliphatic heterocycles. The Morgan fingerprint density at radius 1 is 1.22 bits per heavy atom. The third-order valence-electron chi connectivity index (χ3n) is 5.48. The first kappa shape index (κ1) is 14.4. The topological polar surface area (TPSA) is 59.8 Å². The first-order valence-corrected chi connectivity index (χ1v) is 8.49. The Labute approximate surface area is 136 Å². The smallest absolute Gasteiger partial charge is 0.222 e. The molecule has 2 fully saturated rings. The van der Waals surface area contributed by atoms with Gasteiger partial charge in [0, 0.05) is 18.4 Å². The molecule has 5 heteroatoms. The second kappa shape index (κ2) is 6.14. The van der Waals surface area contributed by atoms with E-state index in [9.17, 15) is 4.79 Å². The second-order valence-corrected chi connectivity index (χ2v) is 6.70. The number of carbonyl (C=O) groups is 1. The molecule has 5 nitrogen and oxygen atoms in total. The van der Waals surface area contributed by atoms with Crippen LogP contribution in [0.1, 0.15) is 37.2 Å². The van der Waals surface area contributed by atoms with E-state index in [4.69, 9.17) is 0 Å². The summed E-state index contributed by atoms with van der Waals surface area (Å²) in [6, 6.07) is 11.0. The maximum atomic E-state index is 12.3. The molecule has 0 spiro atoms. The van der Waals surface area contributed by atoms with Gasteiger partial charge in [0.2, 0.25) is 5.91 Å². The van der Waals surface area contributed by atoms with Crippen LogP contribution in [-0.4, -0.2) is 26.7 Å². The van der Waals surface area contributed by atoms with Gasteiger partial charge in [-0.05, 0) is 30.2 Å². The quantitative estimate of drug-likeness (QED) is 0.922. The van der Waals surface area contributed by atoms with Gasteiger partial charge in [-0.25, -0.2) is 4.98 Å². The molecule has 2 aromatic rings. The predicted octanol–water partition coefficient (Wildman–Crippen LogP) is 2.37. The molecule has 4 rings (SSSR count). The van der Waals surface area contributed by atoms with E-state index < -0.39 is 0 Å². The van der Waals surface area contributed by atoms with Gasteiger partial charge in [0.05, 0.1) is 6.54 Å². The molecular weight excluding hydrogens is 288 g/mol. The van der Waals surface area contributed by atoms with Crippen molar-refractivity contribution in [1.29, 1.82) is 0 Å². The van der Waals surface area contributed by atoms with E-state index in [-0.39, 0.29) is 5.91 Å². The number of nitrogens with zero attached hydrogens (tertiary/aromatic N) is 3. The lowest BCUT2D eigenvalue weighted by Crippen LogP contribution is -2.56. The summed E-state index contributed by atoms with van der Waals surface area (Å²) < 4.78 is 1.70. The van der Waals surface area contributed by atoms with Crippen molar-refractivity contribution in [2.24, 2.45) is 11.8 Å². The van der Waals surface area contributed by atoms with Crippen molar-refractivity contribution in [3.8, 4) is 0 Å². The molecule has 0 radical (unpaired) electrons. The van der Waals surface area contributed by atoms with E-state index in [2.05, 4.69) is 45.7 Å². The molecule has 1 aromatic carbocycles. The molecule has 23 heavy (non-hydrogen) atoms. The third-order valence-corrected chi connectivity index (χ3v) is 5.48. The van der Waals surface area contributed by atoms with Crippen molar-refractivity contribution >= 4 is 5.91 Å². The maximum absolute atomic E-state index is 12.3. The first-order chi connectivity index (χ1) is 11.3. The van der Waals surface area contributed by atoms with E-state index in [0.717, 1.165) is 5.92 Å². The lowest BCUT2D eigenvalue weighted by Gasteiger charge is -2.49. The normalized spacial score (nSPS) is 28.9. The summed E-state index contributed by atoms with van der Waals surface area (Å²) in [5, 5.41) is 7.34. The Bertz CT molecular complexity index is 655. The van der Waals surface area contributed by atoms with Gasteiger partial charge < -0.3 is 5.32 Å². The molecule has 2 aliphatic rings. The van der Waals surface area contributed by atoms with Gasteiger partial charge in [-0.3, -0.25) is 9.48 Å². The highest BCUT2D eigenvalue weighted by Crippen LogP contribution is 2.55. The summed E-state index contributed by atoms with van der Waals surface area (Å²) >= 11 is 0. The minimum absolute atomic E-state index is 0.122. The van der Waals surface area contributed by atoms with Crippen LogP contribution in [0.4, 0.5) is 0 Å². The minimum Gasteiger partial charge on any atom is -0.352 e. The van der Waals surface area contributed by atoms with Gasteiger partial charge in [-0.1, -0.05) is 36.8 Å². The number of aromatic nitrogens is 3. The third kappa shape index (κ3) is 2.76. The van der Waals surface area contributed by atoms with Gasteiger partial charge in [0.15, 0.2) is 0 Å². The number of fused-ring (bicyclic) bond motifs is 1. The molecule has 1 amide bonds. The molecule has 0 bridgehead atoms. The zero-order valence-electron chi connectivity index (χ0n) is 13.1. The highest BCUT2D eigenvalue weighted by Gasteiger charge is 2.53. The fourth-order valence-corrected chi connectivity index (χ4v) is 4.45. The summed E-state index contributed by atoms with van der Waals surface area (Å²) in [6.45, 7) is 0.586. The zero-order chi connectivity index (χ0) is 15.6. The molecule has 0 saturated heterocycles. The summed E-state index contributed by atoms with van der Waals surface area (Å²) in [5.41, 5.74) is 1.37. The van der Waals surface area contributed by atoms with Crippen molar-refractivity contribution in [2.45, 2.75) is 44.2 Å². The van der Waals surface area contributed by atoms with Crippen molar-refractivity contribution in [3.05, 3.63) is 48.5 Å². The Hall–Kier alpha value is -2.17. The number of hydrogen-bond donors (Lipinski definition) is 1. The number of nitrogens with one attached hydrogen (secondary N) is 1. The first-order valence-electron chi connectivity index (χ1n) is 8.49. The number of aryl methyl sites for hydroxylation is 1. The van der Waals surface area contributed by atoms with Crippen LogP contribution in [0, 0.1) is 11.8 Å². The van der Waals surface area contributed by atoms with Crippen LogP contribution >= 0.6 is 0 Å². The van der Waals surface area contributed by atoms with Crippen LogP contribution in [0.25, 0.3) is 0 Å². The van der Waals surface area contributed by atoms with Gasteiger partial charge in [0.1, 0.15) is 12.7 Å². The molecule has 4 atom stereocenters. The standard InChI is InChI=1S/C18H22N4O/c23-16(9-10-22-12-19-11-20-22)21-18-15-8-4-7-14(15)17(18)13-5-2-1-3-6-13/h1-3,5-6,11-12,14-15,17-18H,4,7-10H2,(H,21,23). The average molecular weight is 310 g/mol. The summed E-state index contributed by atoms with van der Waals surface area (Å²) in [4.78, 5) is 16.2. The molecule has 120 valence electrons. The molecule has 4 unspecified atom stereocenters. The Morgan fingerprint density at radius 3 is 2.83 bits per heavy atom. The van der Waals surface area contributed by atoms with E-state index in [1.54, 1.807) is 11.0 Å². The van der Waals surface area contributed by atoms with Crippen molar-refractivity contribution in [2.75, 3.05) is 0 Å². The molecular formula is C18H22N4O. The van der Waals surface area contributed by atoms with Gasteiger partial charge in [-0.2, -0.15) is 5.10 Å². The van der Waals surface area contributed by atoms with E-state index in [1.807, 2.05) is 0 Å². The van der Waals surface area contributed by atoms with Crippen LogP contribution in [-0.2, 0) is 11.3 Å². The SMILES string of the molecule is O=C(CCn1cncn1)NC1C2CCCC2C1c1ccccc1. The fourth-order valence-electron chi connectivity index (χ4n) is 4.45. The number of carbonyl (C=O) groups excluding carboxylic acids is 1. The molecule has 1 N–H and O–H groups in total. The highest BCUT2D eigenvalue weighted by molar-refractivity contribution is 5.76. The van der Waals surface area contributed by atoms with Crippen LogP contribution in [0.3, 0.4) is 0 Å². The van der Waals surface area contributed by atoms with E-state index in [0.29, 0.717) is 30.8 Å². The molecule has 1 aromatic heterocycles. The second-order valence-electron chi connectivity index (χ2n) is 6.70. The van der Waals surface area contributed by atoms with Crippen LogP contribution in [0.2, 0.25) is 0 Å². The van der Waals surface area contributed by atoms with Gasteiger partial charge in [-0.15, -0.1) is 0 Å². The van der Waals surface area contributed by atoms with Crippen molar-refractivity contribution < 1.29 is 4.79 Å². The fraction of sp³-hybridized carbons (Fsp3) is 0.500. The number of benzene rings is 1. The zero-order valence-corrected chi connectivity index (χ0v) is 13.1. The highest BCUT2D eigenvalue weighted by atomic mass is 16.1. The summed E-state index contributed by atoms with van der Waals surface area (Å²) in [6.07, 6.45) is 7.45. The predicted molar refractivity (Wildman–Crippen MR) is 86.6 cm³/mol. The van der Waals surface area contributed by atoms with Crippen molar-refractivity contribution in [3.63, 3.8) is 0 Å². The number of amides is 1. The average Bonchev–Trinajstić information content (AvgIpc) is 3.22. The van der Waals surface area contributed by atoms with Crippen LogP contribution < -0.4 is 5.32 Å². The Morgan fingerprint density at radius 2 is 2.04 bits per heavy atom. The number of rotatable bonds is 5. The van der Waals surface area contributed by atoms with E-state index in [1.165, 1.54) is 31.2 Å². The van der Waals surface area contributed by atoms with Crippen LogP contribution in [0.15, 0.2) is 43.0 Å². The number of hydrogen-bond acceptors (Lipinski definition) is 3. The Balaban J connectivity index is 1.41. The molecule has 2 aliphatic carbocycles. The van der Waals surface area contributed by atoms with Gasteiger partial charge in [0.25, 0.3) is 0 Å². The Kier molecular flexibility index (Phi) is 3.85. The van der Waals surface area contributed by atoms with Gasteiger partial charge >= 0.3 is 0 Å². The summed E-state index contributed by atoms with van der Waals surface area (Å²) in [7, 11) is 0. The lowest BCUT2D eigenvalue weighted by molar-refractivity contribution is -0.124.